The van der Waals surface area contributed by atoms with Crippen molar-refractivity contribution in [2.24, 2.45) is 50.7 Å². The average molecular weight is 705 g/mol. The van der Waals surface area contributed by atoms with Crippen molar-refractivity contribution in [1.29, 1.82) is 0 Å². The van der Waals surface area contributed by atoms with Gasteiger partial charge in [-0.1, -0.05) is 48.5 Å². The van der Waals surface area contributed by atoms with E-state index in [1.807, 2.05) is 0 Å². The summed E-state index contributed by atoms with van der Waals surface area (Å²) in [6.45, 7) is 19.6. The fourth-order valence-corrected chi connectivity index (χ4v) is 12.4. The molecule has 10 nitrogen and oxygen atoms in total. The van der Waals surface area contributed by atoms with E-state index in [0.717, 1.165) is 56.9 Å². The van der Waals surface area contributed by atoms with E-state index in [9.17, 15) is 24.3 Å². The van der Waals surface area contributed by atoms with Gasteiger partial charge in [-0.15, -0.1) is 0 Å². The van der Waals surface area contributed by atoms with Crippen molar-refractivity contribution in [2.45, 2.75) is 145 Å². The normalized spacial score (nSPS) is 37.1. The van der Waals surface area contributed by atoms with Crippen LogP contribution < -0.4 is 10.6 Å². The number of amides is 2. The predicted octanol–water partition coefficient (Wildman–Crippen LogP) is 7.42. The first-order valence-electron chi connectivity index (χ1n) is 19.2. The van der Waals surface area contributed by atoms with Crippen molar-refractivity contribution < 1.29 is 29.0 Å². The SMILES string of the molecule is CC(C)C1=C2C3CCC4C5(C)CC[C@H](OC(=O)CC(C)(C)C(=O)O)C(C)(C)C5CCC4(C)[C@]3(C)CC[C@@]2(NC(=O)NCc2ncccn2)CC1=O. The smallest absolute Gasteiger partial charge is 0.315 e. The van der Waals surface area contributed by atoms with E-state index >= 15 is 0 Å². The van der Waals surface area contributed by atoms with Crippen LogP contribution in [0.15, 0.2) is 29.6 Å². The number of esters is 1. The lowest BCUT2D eigenvalue weighted by Gasteiger charge is -2.72. The van der Waals surface area contributed by atoms with Crippen molar-refractivity contribution in [3.05, 3.63) is 35.4 Å². The zero-order valence-electron chi connectivity index (χ0n) is 32.3. The number of rotatable bonds is 8. The maximum Gasteiger partial charge on any atom is 0.315 e. The lowest BCUT2D eigenvalue weighted by atomic mass is 9.33. The topological polar surface area (TPSA) is 148 Å². The maximum absolute atomic E-state index is 13.9. The monoisotopic (exact) mass is 704 g/mol. The van der Waals surface area contributed by atoms with Crippen LogP contribution >= 0.6 is 0 Å². The highest BCUT2D eigenvalue weighted by atomic mass is 16.5. The summed E-state index contributed by atoms with van der Waals surface area (Å²) in [6, 6.07) is 1.45. The molecule has 0 bridgehead atoms. The molecule has 0 aliphatic heterocycles. The number of nitrogens with zero attached hydrogens (tertiary/aromatic N) is 2. The number of aromatic nitrogens is 2. The molecule has 10 heteroatoms. The second-order valence-corrected chi connectivity index (χ2v) is 19.0. The highest BCUT2D eigenvalue weighted by Crippen LogP contribution is 2.76. The summed E-state index contributed by atoms with van der Waals surface area (Å²) in [5.74, 6) is 0.343. The average Bonchev–Trinajstić information content (AvgIpc) is 3.33. The van der Waals surface area contributed by atoms with E-state index in [-0.39, 0.29) is 64.4 Å². The van der Waals surface area contributed by atoms with Crippen LogP contribution in [0.4, 0.5) is 4.79 Å². The van der Waals surface area contributed by atoms with Crippen LogP contribution in [-0.4, -0.2) is 50.5 Å². The number of carboxylic acid groups (broad SMARTS) is 1. The number of hydrogen-bond acceptors (Lipinski definition) is 7. The third-order valence-electron chi connectivity index (χ3n) is 15.2. The molecule has 0 saturated heterocycles. The van der Waals surface area contributed by atoms with Gasteiger partial charge in [0, 0.05) is 24.2 Å². The minimum atomic E-state index is -1.17. The standard InChI is InChI=1S/C41H60N4O6/c1-24(2)32-26(46)21-41(45-35(50)44-23-30-42-19-10-20-43-30)18-17-39(8)25(33(32)41)11-12-28-38(7)15-14-29(51-31(47)22-36(3,4)34(48)49)37(5,6)27(38)13-16-40(28,39)9/h10,19-20,24-25,27-29H,11-18,21-23H2,1-9H3,(H,48,49)(H2,44,45,50)/t25?,27?,28?,29-,38?,39+,40?,41+/m0/s1. The molecule has 0 spiro atoms. The van der Waals surface area contributed by atoms with Crippen LogP contribution in [0, 0.1) is 50.7 Å². The van der Waals surface area contributed by atoms with Gasteiger partial charge in [0.15, 0.2) is 5.78 Å². The molecule has 2 amide bonds. The Morgan fingerprint density at radius 1 is 0.941 bits per heavy atom. The number of ketones is 1. The molecule has 4 saturated carbocycles. The summed E-state index contributed by atoms with van der Waals surface area (Å²) < 4.78 is 6.14. The Morgan fingerprint density at radius 3 is 2.27 bits per heavy atom. The zero-order valence-corrected chi connectivity index (χ0v) is 32.3. The first-order valence-corrected chi connectivity index (χ1v) is 19.2. The highest BCUT2D eigenvalue weighted by Gasteiger charge is 2.70. The number of aliphatic carboxylic acids is 1. The summed E-state index contributed by atoms with van der Waals surface area (Å²) in [4.78, 5) is 60.7. The molecule has 6 rings (SSSR count). The van der Waals surface area contributed by atoms with Gasteiger partial charge in [0.2, 0.25) is 0 Å². The number of ether oxygens (including phenoxy) is 1. The minimum absolute atomic E-state index is 0.0199. The minimum Gasteiger partial charge on any atom is -0.481 e. The number of carboxylic acids is 1. The Hall–Kier alpha value is -3.30. The summed E-state index contributed by atoms with van der Waals surface area (Å²) in [5, 5.41) is 15.9. The lowest BCUT2D eigenvalue weighted by molar-refractivity contribution is -0.232. The molecular weight excluding hydrogens is 644 g/mol. The number of allylic oxidation sites excluding steroid dienone is 1. The summed E-state index contributed by atoms with van der Waals surface area (Å²) in [7, 11) is 0. The van der Waals surface area contributed by atoms with E-state index in [1.54, 1.807) is 32.3 Å². The second kappa shape index (κ2) is 12.7. The molecule has 5 aliphatic carbocycles. The first kappa shape index (κ1) is 37.5. The summed E-state index contributed by atoms with van der Waals surface area (Å²) >= 11 is 0. The molecule has 51 heavy (non-hydrogen) atoms. The van der Waals surface area contributed by atoms with E-state index in [2.05, 4.69) is 69.1 Å². The molecule has 0 aromatic carbocycles. The fourth-order valence-electron chi connectivity index (χ4n) is 12.4. The van der Waals surface area contributed by atoms with Gasteiger partial charge in [-0.2, -0.15) is 0 Å². The molecular formula is C41H60N4O6. The number of fused-ring (bicyclic) bond motifs is 7. The van der Waals surface area contributed by atoms with Crippen molar-refractivity contribution >= 4 is 23.8 Å². The van der Waals surface area contributed by atoms with Crippen molar-refractivity contribution in [3.63, 3.8) is 0 Å². The molecule has 1 heterocycles. The number of carbonyl (C=O) groups excluding carboxylic acids is 3. The molecule has 5 unspecified atom stereocenters. The Bertz CT molecular complexity index is 1620. The van der Waals surface area contributed by atoms with E-state index in [1.165, 1.54) is 5.57 Å². The number of carbonyl (C=O) groups is 4. The van der Waals surface area contributed by atoms with Crippen LogP contribution in [-0.2, 0) is 25.7 Å². The fraction of sp³-hybridized carbons (Fsp3) is 0.756. The van der Waals surface area contributed by atoms with E-state index in [4.69, 9.17) is 4.74 Å². The molecule has 1 aromatic rings. The number of hydrogen-bond donors (Lipinski definition) is 3. The van der Waals surface area contributed by atoms with Gasteiger partial charge in [0.25, 0.3) is 0 Å². The molecule has 4 fully saturated rings. The highest BCUT2D eigenvalue weighted by molar-refractivity contribution is 6.02. The van der Waals surface area contributed by atoms with Crippen molar-refractivity contribution in [2.75, 3.05) is 0 Å². The molecule has 8 atom stereocenters. The van der Waals surface area contributed by atoms with Crippen LogP contribution in [0.5, 0.6) is 0 Å². The van der Waals surface area contributed by atoms with Crippen LogP contribution in [0.25, 0.3) is 0 Å². The van der Waals surface area contributed by atoms with Crippen molar-refractivity contribution in [3.8, 4) is 0 Å². The van der Waals surface area contributed by atoms with E-state index < -0.39 is 22.9 Å². The molecule has 5 aliphatic rings. The number of urea groups is 1. The number of nitrogens with one attached hydrogen (secondary N) is 2. The molecule has 0 radical (unpaired) electrons. The predicted molar refractivity (Wildman–Crippen MR) is 193 cm³/mol. The quantitative estimate of drug-likeness (QED) is 0.237. The van der Waals surface area contributed by atoms with Crippen LogP contribution in [0.3, 0.4) is 0 Å². The molecule has 1 aromatic heterocycles. The van der Waals surface area contributed by atoms with E-state index in [0.29, 0.717) is 24.1 Å². The maximum atomic E-state index is 13.9. The third kappa shape index (κ3) is 5.91. The van der Waals surface area contributed by atoms with Gasteiger partial charge >= 0.3 is 18.0 Å². The molecule has 3 N–H and O–H groups in total. The first-order chi connectivity index (χ1) is 23.7. The summed E-state index contributed by atoms with van der Waals surface area (Å²) in [6.07, 6.45) is 10.7. The Morgan fingerprint density at radius 2 is 1.63 bits per heavy atom. The third-order valence-corrected chi connectivity index (χ3v) is 15.2. The molecule has 280 valence electrons. The number of Topliss-reactive ketones (excluding diaryl/α,β-unsaturated/α-hetero) is 1. The Balaban J connectivity index is 1.26. The second-order valence-electron chi connectivity index (χ2n) is 19.0. The van der Waals surface area contributed by atoms with Gasteiger partial charge in [-0.3, -0.25) is 14.4 Å². The van der Waals surface area contributed by atoms with Crippen LogP contribution in [0.2, 0.25) is 0 Å². The van der Waals surface area contributed by atoms with Crippen LogP contribution in [0.1, 0.15) is 132 Å². The lowest BCUT2D eigenvalue weighted by Crippen LogP contribution is -2.67. The van der Waals surface area contributed by atoms with Gasteiger partial charge in [-0.25, -0.2) is 14.8 Å². The largest absolute Gasteiger partial charge is 0.481 e. The zero-order chi connectivity index (χ0) is 37.4. The van der Waals surface area contributed by atoms with Gasteiger partial charge in [-0.05, 0) is 122 Å². The van der Waals surface area contributed by atoms with Gasteiger partial charge < -0.3 is 20.5 Å². The Kier molecular flexibility index (Phi) is 9.31. The van der Waals surface area contributed by atoms with Crippen molar-refractivity contribution in [1.82, 2.24) is 20.6 Å². The van der Waals surface area contributed by atoms with Gasteiger partial charge in [0.1, 0.15) is 11.9 Å². The van der Waals surface area contributed by atoms with Gasteiger partial charge in [0.05, 0.1) is 23.9 Å². The summed E-state index contributed by atoms with van der Waals surface area (Å²) in [5.41, 5.74) is -0.000464. The Labute approximate surface area is 303 Å².